The van der Waals surface area contributed by atoms with Gasteiger partial charge in [-0.25, -0.2) is 8.78 Å². The molecule has 0 heterocycles. The van der Waals surface area contributed by atoms with Crippen LogP contribution in [0.25, 0.3) is 0 Å². The fourth-order valence-corrected chi connectivity index (χ4v) is 1.88. The van der Waals surface area contributed by atoms with E-state index in [0.717, 1.165) is 19.1 Å². The molecule has 2 rings (SSSR count). The molecule has 0 aromatic heterocycles. The maximum absolute atomic E-state index is 12.8. The van der Waals surface area contributed by atoms with E-state index in [-0.39, 0.29) is 5.92 Å². The summed E-state index contributed by atoms with van der Waals surface area (Å²) in [7, 11) is 0. The maximum atomic E-state index is 12.8. The molecule has 0 bridgehead atoms. The predicted octanol–water partition coefficient (Wildman–Crippen LogP) is 3.26. The van der Waals surface area contributed by atoms with E-state index in [2.05, 4.69) is 0 Å². The molecule has 1 fully saturated rings. The molecule has 0 aliphatic heterocycles. The Labute approximate surface area is 87.1 Å². The Balaban J connectivity index is 2.21. The van der Waals surface area contributed by atoms with Crippen LogP contribution >= 0.6 is 0 Å². The summed E-state index contributed by atoms with van der Waals surface area (Å²) in [4.78, 5) is 10.4. The van der Waals surface area contributed by atoms with Gasteiger partial charge >= 0.3 is 0 Å². The SMILES string of the molecule is O=Cc1ccc(C(C(F)F)C2CC2)cc1. The maximum Gasteiger partial charge on any atom is 0.245 e. The van der Waals surface area contributed by atoms with Crippen molar-refractivity contribution in [1.29, 1.82) is 0 Å². The molecule has 1 nitrogen and oxygen atoms in total. The summed E-state index contributed by atoms with van der Waals surface area (Å²) in [5.74, 6) is -0.516. The summed E-state index contributed by atoms with van der Waals surface area (Å²) in [6.45, 7) is 0. The Kier molecular flexibility index (Phi) is 2.80. The Morgan fingerprint density at radius 2 is 1.80 bits per heavy atom. The van der Waals surface area contributed by atoms with Crippen molar-refractivity contribution in [2.45, 2.75) is 25.2 Å². The summed E-state index contributed by atoms with van der Waals surface area (Å²) in [6.07, 6.45) is 0.201. The number of rotatable bonds is 4. The molecular formula is C12H12F2O. The van der Waals surface area contributed by atoms with Gasteiger partial charge in [-0.05, 0) is 24.3 Å². The zero-order valence-electron chi connectivity index (χ0n) is 8.20. The summed E-state index contributed by atoms with van der Waals surface area (Å²) in [5.41, 5.74) is 1.18. The standard InChI is InChI=1S/C12H12F2O/c13-12(14)11(10-5-6-10)9-3-1-8(7-15)2-4-9/h1-4,7,10-12H,5-6H2. The number of carbonyl (C=O) groups excluding carboxylic acids is 1. The number of carbonyl (C=O) groups is 1. The molecule has 0 amide bonds. The van der Waals surface area contributed by atoms with Gasteiger partial charge in [0.2, 0.25) is 6.43 Å². The Bertz CT molecular complexity index is 339. The first-order valence-electron chi connectivity index (χ1n) is 5.05. The van der Waals surface area contributed by atoms with Gasteiger partial charge < -0.3 is 0 Å². The van der Waals surface area contributed by atoms with Crippen LogP contribution in [0.2, 0.25) is 0 Å². The van der Waals surface area contributed by atoms with E-state index in [4.69, 9.17) is 0 Å². The van der Waals surface area contributed by atoms with Crippen molar-refractivity contribution in [2.24, 2.45) is 5.92 Å². The van der Waals surface area contributed by atoms with Crippen LogP contribution in [0.5, 0.6) is 0 Å². The molecule has 0 radical (unpaired) electrons. The van der Waals surface area contributed by atoms with E-state index in [1.807, 2.05) is 0 Å². The molecule has 1 aliphatic rings. The average molecular weight is 210 g/mol. The van der Waals surface area contributed by atoms with Crippen LogP contribution in [-0.4, -0.2) is 12.7 Å². The first-order valence-corrected chi connectivity index (χ1v) is 5.05. The third-order valence-corrected chi connectivity index (χ3v) is 2.86. The normalized spacial score (nSPS) is 17.8. The van der Waals surface area contributed by atoms with Gasteiger partial charge in [-0.3, -0.25) is 4.79 Å². The Hall–Kier alpha value is -1.25. The second-order valence-electron chi connectivity index (χ2n) is 3.98. The third kappa shape index (κ3) is 2.22. The van der Waals surface area contributed by atoms with Gasteiger partial charge in [0, 0.05) is 11.5 Å². The minimum atomic E-state index is -2.31. The topological polar surface area (TPSA) is 17.1 Å². The molecule has 1 aromatic carbocycles. The van der Waals surface area contributed by atoms with E-state index in [1.165, 1.54) is 0 Å². The lowest BCUT2D eigenvalue weighted by Crippen LogP contribution is -2.11. The highest BCUT2D eigenvalue weighted by Crippen LogP contribution is 2.45. The van der Waals surface area contributed by atoms with E-state index in [0.29, 0.717) is 11.1 Å². The highest BCUT2D eigenvalue weighted by atomic mass is 19.3. The molecule has 1 unspecified atom stereocenters. The van der Waals surface area contributed by atoms with Crippen molar-refractivity contribution in [2.75, 3.05) is 0 Å². The van der Waals surface area contributed by atoms with Gasteiger partial charge in [0.1, 0.15) is 6.29 Å². The van der Waals surface area contributed by atoms with Gasteiger partial charge in [-0.1, -0.05) is 24.3 Å². The monoisotopic (exact) mass is 210 g/mol. The van der Waals surface area contributed by atoms with Gasteiger partial charge in [-0.15, -0.1) is 0 Å². The fraction of sp³-hybridized carbons (Fsp3) is 0.417. The molecule has 1 aliphatic carbocycles. The van der Waals surface area contributed by atoms with Crippen LogP contribution < -0.4 is 0 Å². The minimum Gasteiger partial charge on any atom is -0.298 e. The third-order valence-electron chi connectivity index (χ3n) is 2.86. The number of aldehydes is 1. The van der Waals surface area contributed by atoms with Crippen LogP contribution in [0.4, 0.5) is 8.78 Å². The summed E-state index contributed by atoms with van der Waals surface area (Å²) in [5, 5.41) is 0. The first kappa shape index (κ1) is 10.3. The largest absolute Gasteiger partial charge is 0.298 e. The molecule has 0 N–H and O–H groups in total. The van der Waals surface area contributed by atoms with Crippen molar-refractivity contribution in [1.82, 2.24) is 0 Å². The number of hydrogen-bond acceptors (Lipinski definition) is 1. The minimum absolute atomic E-state index is 0.132. The molecule has 0 spiro atoms. The number of halogens is 2. The molecule has 15 heavy (non-hydrogen) atoms. The molecule has 1 aromatic rings. The number of hydrogen-bond donors (Lipinski definition) is 0. The van der Waals surface area contributed by atoms with Crippen molar-refractivity contribution >= 4 is 6.29 Å². The molecule has 0 saturated heterocycles. The summed E-state index contributed by atoms with van der Waals surface area (Å²) in [6, 6.07) is 6.47. The van der Waals surface area contributed by atoms with Crippen LogP contribution in [0.3, 0.4) is 0 Å². The Morgan fingerprint density at radius 3 is 2.20 bits per heavy atom. The second kappa shape index (κ2) is 4.09. The van der Waals surface area contributed by atoms with E-state index in [9.17, 15) is 13.6 Å². The molecule has 1 atom stereocenters. The van der Waals surface area contributed by atoms with Gasteiger partial charge in [-0.2, -0.15) is 0 Å². The number of alkyl halides is 2. The number of benzene rings is 1. The van der Waals surface area contributed by atoms with Crippen molar-refractivity contribution < 1.29 is 13.6 Å². The molecule has 1 saturated carbocycles. The average Bonchev–Trinajstić information content (AvgIpc) is 3.03. The fourth-order valence-electron chi connectivity index (χ4n) is 1.88. The van der Waals surface area contributed by atoms with Crippen molar-refractivity contribution in [3.05, 3.63) is 35.4 Å². The quantitative estimate of drug-likeness (QED) is 0.697. The lowest BCUT2D eigenvalue weighted by molar-refractivity contribution is 0.104. The summed E-state index contributed by atoms with van der Waals surface area (Å²) < 4.78 is 25.6. The molecule has 80 valence electrons. The van der Waals surface area contributed by atoms with E-state index >= 15 is 0 Å². The van der Waals surface area contributed by atoms with Crippen LogP contribution in [-0.2, 0) is 0 Å². The van der Waals surface area contributed by atoms with Gasteiger partial charge in [0.05, 0.1) is 0 Å². The highest BCUT2D eigenvalue weighted by molar-refractivity contribution is 5.74. The Morgan fingerprint density at radius 1 is 1.20 bits per heavy atom. The van der Waals surface area contributed by atoms with Crippen LogP contribution in [0.15, 0.2) is 24.3 Å². The molecule has 3 heteroatoms. The lowest BCUT2D eigenvalue weighted by atomic mass is 9.94. The first-order chi connectivity index (χ1) is 7.22. The zero-order valence-corrected chi connectivity index (χ0v) is 8.20. The van der Waals surface area contributed by atoms with Crippen LogP contribution in [0.1, 0.15) is 34.7 Å². The predicted molar refractivity (Wildman–Crippen MR) is 53.3 cm³/mol. The molecular weight excluding hydrogens is 198 g/mol. The highest BCUT2D eigenvalue weighted by Gasteiger charge is 2.38. The van der Waals surface area contributed by atoms with Gasteiger partial charge in [0.15, 0.2) is 0 Å². The van der Waals surface area contributed by atoms with Crippen molar-refractivity contribution in [3.63, 3.8) is 0 Å². The summed E-state index contributed by atoms with van der Waals surface area (Å²) >= 11 is 0. The lowest BCUT2D eigenvalue weighted by Gasteiger charge is -2.15. The van der Waals surface area contributed by atoms with Gasteiger partial charge in [0.25, 0.3) is 0 Å². The van der Waals surface area contributed by atoms with E-state index in [1.54, 1.807) is 24.3 Å². The van der Waals surface area contributed by atoms with Crippen LogP contribution in [0, 0.1) is 5.92 Å². The smallest absolute Gasteiger partial charge is 0.245 e. The zero-order chi connectivity index (χ0) is 10.8. The van der Waals surface area contributed by atoms with Crippen molar-refractivity contribution in [3.8, 4) is 0 Å². The van der Waals surface area contributed by atoms with E-state index < -0.39 is 12.3 Å². The second-order valence-corrected chi connectivity index (χ2v) is 3.98.